The van der Waals surface area contributed by atoms with Gasteiger partial charge < -0.3 is 14.6 Å². The molecule has 3 rings (SSSR count). The summed E-state index contributed by atoms with van der Waals surface area (Å²) in [6.45, 7) is 2.25. The van der Waals surface area contributed by atoms with Gasteiger partial charge in [0, 0.05) is 18.1 Å². The molecule has 2 aliphatic rings. The lowest BCUT2D eigenvalue weighted by molar-refractivity contribution is -0.0110. The average Bonchev–Trinajstić information content (AvgIpc) is 2.47. The van der Waals surface area contributed by atoms with Crippen LogP contribution in [0.25, 0.3) is 0 Å². The highest BCUT2D eigenvalue weighted by atomic mass is 16.5. The number of hydrogen-bond acceptors (Lipinski definition) is 3. The fraction of sp³-hybridized carbons (Fsp3) is 0.600. The molecule has 0 bridgehead atoms. The van der Waals surface area contributed by atoms with Crippen molar-refractivity contribution in [2.24, 2.45) is 5.92 Å². The van der Waals surface area contributed by atoms with E-state index < -0.39 is 6.10 Å². The van der Waals surface area contributed by atoms with Gasteiger partial charge in [0.05, 0.1) is 19.3 Å². The van der Waals surface area contributed by atoms with E-state index in [1.807, 2.05) is 12.1 Å². The van der Waals surface area contributed by atoms with Crippen LogP contribution in [-0.2, 0) is 11.2 Å². The monoisotopic (exact) mass is 248 g/mol. The molecule has 2 heterocycles. The predicted octanol–water partition coefficient (Wildman–Crippen LogP) is 2.47. The third kappa shape index (κ3) is 2.25. The van der Waals surface area contributed by atoms with Crippen molar-refractivity contribution < 1.29 is 14.6 Å². The molecule has 2 unspecified atom stereocenters. The van der Waals surface area contributed by atoms with E-state index in [1.54, 1.807) is 0 Å². The van der Waals surface area contributed by atoms with E-state index in [2.05, 4.69) is 6.07 Å². The molecule has 1 fully saturated rings. The minimum Gasteiger partial charge on any atom is -0.493 e. The van der Waals surface area contributed by atoms with Gasteiger partial charge in [-0.05, 0) is 31.2 Å². The number of aryl methyl sites for hydroxylation is 1. The van der Waals surface area contributed by atoms with E-state index >= 15 is 0 Å². The Hall–Kier alpha value is -1.06. The summed E-state index contributed by atoms with van der Waals surface area (Å²) in [5.41, 5.74) is 2.18. The first-order valence-electron chi connectivity index (χ1n) is 6.86. The quantitative estimate of drug-likeness (QED) is 0.873. The Bertz CT molecular complexity index is 410. The molecule has 1 saturated heterocycles. The molecule has 18 heavy (non-hydrogen) atoms. The van der Waals surface area contributed by atoms with Gasteiger partial charge in [-0.3, -0.25) is 0 Å². The molecule has 3 nitrogen and oxygen atoms in total. The van der Waals surface area contributed by atoms with Gasteiger partial charge in [-0.25, -0.2) is 0 Å². The summed E-state index contributed by atoms with van der Waals surface area (Å²) in [6, 6.07) is 6.11. The first-order chi connectivity index (χ1) is 8.86. The van der Waals surface area contributed by atoms with Gasteiger partial charge in [0.25, 0.3) is 0 Å². The summed E-state index contributed by atoms with van der Waals surface area (Å²) < 4.78 is 11.2. The molecule has 0 amide bonds. The molecule has 0 saturated carbocycles. The predicted molar refractivity (Wildman–Crippen MR) is 68.8 cm³/mol. The molecule has 1 aromatic carbocycles. The topological polar surface area (TPSA) is 38.7 Å². The van der Waals surface area contributed by atoms with Crippen molar-refractivity contribution >= 4 is 0 Å². The summed E-state index contributed by atoms with van der Waals surface area (Å²) in [4.78, 5) is 0. The lowest BCUT2D eigenvalue weighted by atomic mass is 9.89. The third-order valence-electron chi connectivity index (χ3n) is 3.92. The van der Waals surface area contributed by atoms with Gasteiger partial charge in [-0.2, -0.15) is 0 Å². The summed E-state index contributed by atoms with van der Waals surface area (Å²) in [5, 5.41) is 10.5. The smallest absolute Gasteiger partial charge is 0.128 e. The van der Waals surface area contributed by atoms with Crippen molar-refractivity contribution in [2.75, 3.05) is 19.8 Å². The van der Waals surface area contributed by atoms with Crippen molar-refractivity contribution in [3.63, 3.8) is 0 Å². The van der Waals surface area contributed by atoms with Gasteiger partial charge in [-0.15, -0.1) is 0 Å². The third-order valence-corrected chi connectivity index (χ3v) is 3.92. The molecule has 0 spiro atoms. The lowest BCUT2D eigenvalue weighted by Crippen LogP contribution is -2.24. The maximum atomic E-state index is 10.5. The number of hydrogen-bond donors (Lipinski definition) is 1. The van der Waals surface area contributed by atoms with Gasteiger partial charge >= 0.3 is 0 Å². The fourth-order valence-electron chi connectivity index (χ4n) is 2.92. The van der Waals surface area contributed by atoms with Crippen LogP contribution in [0.15, 0.2) is 18.2 Å². The first kappa shape index (κ1) is 12.0. The lowest BCUT2D eigenvalue weighted by Gasteiger charge is -2.29. The van der Waals surface area contributed by atoms with Gasteiger partial charge in [0.15, 0.2) is 0 Å². The van der Waals surface area contributed by atoms with Crippen molar-refractivity contribution in [1.29, 1.82) is 0 Å². The molecule has 2 aliphatic heterocycles. The summed E-state index contributed by atoms with van der Waals surface area (Å²) in [6.07, 6.45) is 3.73. The Labute approximate surface area is 108 Å². The minimum absolute atomic E-state index is 0.204. The zero-order chi connectivity index (χ0) is 12.4. The Morgan fingerprint density at radius 3 is 3.00 bits per heavy atom. The first-order valence-corrected chi connectivity index (χ1v) is 6.86. The number of aliphatic hydroxyl groups is 1. The Balaban J connectivity index is 1.86. The minimum atomic E-state index is -0.460. The standard InChI is InChI=1S/C15H20O3/c16-14(12-6-2-8-17-10-12)13-7-1-4-11-5-3-9-18-15(11)13/h1,4,7,12,14,16H,2-3,5-6,8-10H2. The second kappa shape index (κ2) is 5.29. The number of para-hydroxylation sites is 1. The van der Waals surface area contributed by atoms with Crippen LogP contribution in [0.5, 0.6) is 5.75 Å². The van der Waals surface area contributed by atoms with E-state index in [1.165, 1.54) is 5.56 Å². The summed E-state index contributed by atoms with van der Waals surface area (Å²) >= 11 is 0. The summed E-state index contributed by atoms with van der Waals surface area (Å²) in [7, 11) is 0. The van der Waals surface area contributed by atoms with E-state index in [9.17, 15) is 5.11 Å². The van der Waals surface area contributed by atoms with Crippen LogP contribution in [0.2, 0.25) is 0 Å². The second-order valence-electron chi connectivity index (χ2n) is 5.21. The van der Waals surface area contributed by atoms with Crippen molar-refractivity contribution in [1.82, 2.24) is 0 Å². The van der Waals surface area contributed by atoms with Crippen molar-refractivity contribution in [2.45, 2.75) is 31.8 Å². The maximum Gasteiger partial charge on any atom is 0.128 e. The van der Waals surface area contributed by atoms with E-state index in [0.29, 0.717) is 6.61 Å². The van der Waals surface area contributed by atoms with Gasteiger partial charge in [-0.1, -0.05) is 18.2 Å². The average molecular weight is 248 g/mol. The number of fused-ring (bicyclic) bond motifs is 1. The molecule has 1 aromatic rings. The fourth-order valence-corrected chi connectivity index (χ4v) is 2.92. The highest BCUT2D eigenvalue weighted by Gasteiger charge is 2.27. The van der Waals surface area contributed by atoms with Crippen LogP contribution in [0.4, 0.5) is 0 Å². The zero-order valence-electron chi connectivity index (χ0n) is 10.6. The molecule has 0 aliphatic carbocycles. The van der Waals surface area contributed by atoms with Crippen LogP contribution in [0, 0.1) is 5.92 Å². The van der Waals surface area contributed by atoms with Crippen LogP contribution >= 0.6 is 0 Å². The Morgan fingerprint density at radius 2 is 2.17 bits per heavy atom. The molecule has 0 aromatic heterocycles. The van der Waals surface area contributed by atoms with Gasteiger partial charge in [0.1, 0.15) is 5.75 Å². The normalized spacial score (nSPS) is 25.1. The van der Waals surface area contributed by atoms with E-state index in [-0.39, 0.29) is 5.92 Å². The Kier molecular flexibility index (Phi) is 3.52. The number of benzene rings is 1. The molecular weight excluding hydrogens is 228 g/mol. The van der Waals surface area contributed by atoms with E-state index in [4.69, 9.17) is 9.47 Å². The van der Waals surface area contributed by atoms with Crippen LogP contribution < -0.4 is 4.74 Å². The molecule has 3 heteroatoms. The Morgan fingerprint density at radius 1 is 1.22 bits per heavy atom. The SMILES string of the molecule is OC(c1cccc2c1OCCC2)C1CCCOC1. The molecule has 2 atom stereocenters. The number of ether oxygens (including phenoxy) is 2. The van der Waals surface area contributed by atoms with Crippen LogP contribution in [0.3, 0.4) is 0 Å². The molecule has 1 N–H and O–H groups in total. The summed E-state index contributed by atoms with van der Waals surface area (Å²) in [5.74, 6) is 1.12. The second-order valence-corrected chi connectivity index (χ2v) is 5.21. The largest absolute Gasteiger partial charge is 0.493 e. The zero-order valence-corrected chi connectivity index (χ0v) is 10.6. The molecular formula is C15H20O3. The number of rotatable bonds is 2. The molecule has 0 radical (unpaired) electrons. The number of aliphatic hydroxyl groups excluding tert-OH is 1. The van der Waals surface area contributed by atoms with Crippen molar-refractivity contribution in [3.05, 3.63) is 29.3 Å². The maximum absolute atomic E-state index is 10.5. The van der Waals surface area contributed by atoms with E-state index in [0.717, 1.165) is 50.2 Å². The highest BCUT2D eigenvalue weighted by Crippen LogP contribution is 2.37. The van der Waals surface area contributed by atoms with Crippen molar-refractivity contribution in [3.8, 4) is 5.75 Å². The van der Waals surface area contributed by atoms with Gasteiger partial charge in [0.2, 0.25) is 0 Å². The molecule has 98 valence electrons. The van der Waals surface area contributed by atoms with Crippen LogP contribution in [-0.4, -0.2) is 24.9 Å². The highest BCUT2D eigenvalue weighted by molar-refractivity contribution is 5.44. The van der Waals surface area contributed by atoms with Crippen LogP contribution in [0.1, 0.15) is 36.5 Å².